The lowest BCUT2D eigenvalue weighted by atomic mass is 10.2. The highest BCUT2D eigenvalue weighted by Crippen LogP contribution is 2.27. The number of nitro groups is 1. The number of halogens is 1. The second-order valence-corrected chi connectivity index (χ2v) is 5.81. The molecule has 0 aliphatic heterocycles. The monoisotopic (exact) mass is 297 g/mol. The normalized spacial score (nSPS) is 12.2. The van der Waals surface area contributed by atoms with Gasteiger partial charge in [-0.15, -0.1) is 11.3 Å². The van der Waals surface area contributed by atoms with Crippen LogP contribution in [0.25, 0.3) is 0 Å². The molecule has 2 rings (SSSR count). The Morgan fingerprint density at radius 2 is 2.21 bits per heavy atom. The summed E-state index contributed by atoms with van der Waals surface area (Å²) in [5.74, 6) is 0.401. The summed E-state index contributed by atoms with van der Waals surface area (Å²) in [6.45, 7) is 4.00. The first-order valence-electron chi connectivity index (χ1n) is 5.60. The molecule has 100 valence electrons. The molecule has 1 unspecified atom stereocenters. The summed E-state index contributed by atoms with van der Waals surface area (Å²) in [5.41, 5.74) is -0.0722. The molecular formula is C12H12ClN3O2S. The van der Waals surface area contributed by atoms with E-state index in [0.29, 0.717) is 5.82 Å². The van der Waals surface area contributed by atoms with Crippen molar-refractivity contribution in [3.05, 3.63) is 49.3 Å². The molecule has 5 nitrogen and oxygen atoms in total. The first kappa shape index (κ1) is 13.8. The van der Waals surface area contributed by atoms with Gasteiger partial charge >= 0.3 is 0 Å². The van der Waals surface area contributed by atoms with Crippen LogP contribution < -0.4 is 5.32 Å². The van der Waals surface area contributed by atoms with Gasteiger partial charge < -0.3 is 5.32 Å². The smallest absolute Gasteiger partial charge is 0.276 e. The fraction of sp³-hybridized carbons (Fsp3) is 0.250. The molecule has 19 heavy (non-hydrogen) atoms. The maximum absolute atomic E-state index is 10.8. The van der Waals surface area contributed by atoms with Crippen molar-refractivity contribution in [1.82, 2.24) is 4.98 Å². The molecule has 0 radical (unpaired) electrons. The first-order valence-corrected chi connectivity index (χ1v) is 6.80. The summed E-state index contributed by atoms with van der Waals surface area (Å²) in [7, 11) is 0. The van der Waals surface area contributed by atoms with E-state index in [1.807, 2.05) is 26.0 Å². The van der Waals surface area contributed by atoms with Gasteiger partial charge in [-0.3, -0.25) is 10.1 Å². The van der Waals surface area contributed by atoms with Crippen LogP contribution in [0.5, 0.6) is 0 Å². The van der Waals surface area contributed by atoms with Crippen molar-refractivity contribution in [2.24, 2.45) is 0 Å². The van der Waals surface area contributed by atoms with Gasteiger partial charge in [0.15, 0.2) is 0 Å². The van der Waals surface area contributed by atoms with Gasteiger partial charge in [-0.1, -0.05) is 11.6 Å². The van der Waals surface area contributed by atoms with Gasteiger partial charge in [-0.2, -0.15) is 0 Å². The SMILES string of the molecule is Cc1ccc(C(C)Nc2cc([N+](=O)[O-])cc(Cl)n2)s1. The first-order chi connectivity index (χ1) is 8.95. The second-order valence-electron chi connectivity index (χ2n) is 4.10. The van der Waals surface area contributed by atoms with Crippen LogP contribution >= 0.6 is 22.9 Å². The number of aromatic nitrogens is 1. The van der Waals surface area contributed by atoms with E-state index in [4.69, 9.17) is 11.6 Å². The van der Waals surface area contributed by atoms with Crippen LogP contribution in [0.3, 0.4) is 0 Å². The number of hydrogen-bond acceptors (Lipinski definition) is 5. The molecule has 0 amide bonds. The molecule has 0 saturated heterocycles. The van der Waals surface area contributed by atoms with Gasteiger partial charge in [0.05, 0.1) is 23.1 Å². The number of nitrogens with zero attached hydrogens (tertiary/aromatic N) is 2. The van der Waals surface area contributed by atoms with Crippen LogP contribution in [-0.4, -0.2) is 9.91 Å². The Labute approximate surface area is 119 Å². The summed E-state index contributed by atoms with van der Waals surface area (Å²) in [5, 5.41) is 14.0. The van der Waals surface area contributed by atoms with E-state index < -0.39 is 4.92 Å². The van der Waals surface area contributed by atoms with Crippen LogP contribution in [0.4, 0.5) is 11.5 Å². The maximum Gasteiger partial charge on any atom is 0.276 e. The number of nitrogens with one attached hydrogen (secondary N) is 1. The lowest BCUT2D eigenvalue weighted by Crippen LogP contribution is -2.06. The van der Waals surface area contributed by atoms with Crippen LogP contribution in [-0.2, 0) is 0 Å². The fourth-order valence-corrected chi connectivity index (χ4v) is 2.72. The predicted molar refractivity (Wildman–Crippen MR) is 77.0 cm³/mol. The summed E-state index contributed by atoms with van der Waals surface area (Å²) >= 11 is 7.45. The van der Waals surface area contributed by atoms with E-state index in [2.05, 4.69) is 10.3 Å². The van der Waals surface area contributed by atoms with Gasteiger partial charge in [0, 0.05) is 9.75 Å². The highest BCUT2D eigenvalue weighted by Gasteiger charge is 2.13. The van der Waals surface area contributed by atoms with Crippen molar-refractivity contribution in [2.45, 2.75) is 19.9 Å². The Kier molecular flexibility index (Phi) is 4.01. The zero-order valence-corrected chi connectivity index (χ0v) is 12.0. The average molecular weight is 298 g/mol. The molecule has 7 heteroatoms. The standard InChI is InChI=1S/C12H12ClN3O2S/c1-7-3-4-10(19-7)8(2)14-12-6-9(16(17)18)5-11(13)15-12/h3-6,8H,1-2H3,(H,14,15). The number of pyridine rings is 1. The Morgan fingerprint density at radius 1 is 1.47 bits per heavy atom. The van der Waals surface area contributed by atoms with Crippen molar-refractivity contribution >= 4 is 34.4 Å². The molecule has 0 fully saturated rings. The Morgan fingerprint density at radius 3 is 2.79 bits per heavy atom. The molecule has 0 aliphatic carbocycles. The highest BCUT2D eigenvalue weighted by atomic mass is 35.5. The van der Waals surface area contributed by atoms with Gasteiger partial charge in [0.25, 0.3) is 5.69 Å². The van der Waals surface area contributed by atoms with Crippen LogP contribution in [0.1, 0.15) is 22.7 Å². The molecule has 0 saturated carbocycles. The summed E-state index contributed by atoms with van der Waals surface area (Å²) < 4.78 is 0. The zero-order chi connectivity index (χ0) is 14.0. The molecule has 0 aromatic carbocycles. The van der Waals surface area contributed by atoms with Crippen molar-refractivity contribution < 1.29 is 4.92 Å². The molecule has 2 aromatic heterocycles. The Balaban J connectivity index is 2.21. The van der Waals surface area contributed by atoms with E-state index >= 15 is 0 Å². The minimum Gasteiger partial charge on any atom is -0.362 e. The van der Waals surface area contributed by atoms with E-state index in [-0.39, 0.29) is 16.9 Å². The average Bonchev–Trinajstić information content (AvgIpc) is 2.75. The van der Waals surface area contributed by atoms with Gasteiger partial charge in [-0.25, -0.2) is 4.98 Å². The zero-order valence-electron chi connectivity index (χ0n) is 10.4. The van der Waals surface area contributed by atoms with Crippen molar-refractivity contribution in [1.29, 1.82) is 0 Å². The highest BCUT2D eigenvalue weighted by molar-refractivity contribution is 7.12. The number of thiophene rings is 1. The third-order valence-electron chi connectivity index (χ3n) is 2.54. The summed E-state index contributed by atoms with van der Waals surface area (Å²) in [6.07, 6.45) is 0. The van der Waals surface area contributed by atoms with Crippen LogP contribution in [0.15, 0.2) is 24.3 Å². The minimum atomic E-state index is -0.487. The molecule has 1 atom stereocenters. The Hall–Kier alpha value is -1.66. The molecule has 0 aliphatic rings. The molecule has 2 heterocycles. The van der Waals surface area contributed by atoms with Crippen LogP contribution in [0, 0.1) is 17.0 Å². The van der Waals surface area contributed by atoms with E-state index in [1.54, 1.807) is 11.3 Å². The number of aryl methyl sites for hydroxylation is 1. The summed E-state index contributed by atoms with van der Waals surface area (Å²) in [6, 6.07) is 6.68. The molecule has 0 bridgehead atoms. The third kappa shape index (κ3) is 3.42. The van der Waals surface area contributed by atoms with E-state index in [1.165, 1.54) is 17.0 Å². The molecule has 0 spiro atoms. The fourth-order valence-electron chi connectivity index (χ4n) is 1.64. The molecule has 1 N–H and O–H groups in total. The number of hydrogen-bond donors (Lipinski definition) is 1. The lowest BCUT2D eigenvalue weighted by molar-refractivity contribution is -0.384. The van der Waals surface area contributed by atoms with Crippen molar-refractivity contribution in [3.8, 4) is 0 Å². The number of rotatable bonds is 4. The Bertz CT molecular complexity index is 615. The maximum atomic E-state index is 10.8. The van der Waals surface area contributed by atoms with E-state index in [0.717, 1.165) is 4.88 Å². The van der Waals surface area contributed by atoms with Crippen molar-refractivity contribution in [3.63, 3.8) is 0 Å². The summed E-state index contributed by atoms with van der Waals surface area (Å²) in [4.78, 5) is 16.7. The van der Waals surface area contributed by atoms with Crippen LogP contribution in [0.2, 0.25) is 5.15 Å². The second kappa shape index (κ2) is 5.54. The lowest BCUT2D eigenvalue weighted by Gasteiger charge is -2.12. The third-order valence-corrected chi connectivity index (χ3v) is 3.92. The van der Waals surface area contributed by atoms with Gasteiger partial charge in [0.1, 0.15) is 11.0 Å². The minimum absolute atomic E-state index is 0.0178. The topological polar surface area (TPSA) is 68.1 Å². The number of anilines is 1. The molecular weight excluding hydrogens is 286 g/mol. The van der Waals surface area contributed by atoms with E-state index in [9.17, 15) is 10.1 Å². The van der Waals surface area contributed by atoms with Gasteiger partial charge in [-0.05, 0) is 26.0 Å². The quantitative estimate of drug-likeness (QED) is 0.522. The molecule has 2 aromatic rings. The predicted octanol–water partition coefficient (Wildman–Crippen LogP) is 4.19. The largest absolute Gasteiger partial charge is 0.362 e. The van der Waals surface area contributed by atoms with Crippen molar-refractivity contribution in [2.75, 3.05) is 5.32 Å². The van der Waals surface area contributed by atoms with Gasteiger partial charge in [0.2, 0.25) is 0 Å².